The highest BCUT2D eigenvalue weighted by Gasteiger charge is 2.09. The third kappa shape index (κ3) is 7.51. The fourth-order valence-corrected chi connectivity index (χ4v) is 2.47. The van der Waals surface area contributed by atoms with Crippen molar-refractivity contribution in [3.8, 4) is 5.75 Å². The molecule has 2 aromatic rings. The Morgan fingerprint density at radius 1 is 0.900 bits per heavy atom. The van der Waals surface area contributed by atoms with Crippen LogP contribution < -0.4 is 26.2 Å². The van der Waals surface area contributed by atoms with Gasteiger partial charge >= 0.3 is 0 Å². The largest absolute Gasteiger partial charge is 0.484 e. The van der Waals surface area contributed by atoms with E-state index >= 15 is 0 Å². The van der Waals surface area contributed by atoms with Crippen LogP contribution in [0.5, 0.6) is 5.75 Å². The standard InChI is InChI=1S/C21H24N4O4S/c1-3-14-5-11-17(12-6-14)29-13-19(27)23-21(30)25-24-20(28)15-7-9-16(10-8-15)22-18(26)4-2/h5-12H,3-4,13H2,1-2H3,(H,22,26)(H,24,28)(H2,23,25,27,30). The molecule has 0 aliphatic heterocycles. The summed E-state index contributed by atoms with van der Waals surface area (Å²) in [7, 11) is 0. The molecule has 0 fully saturated rings. The maximum atomic E-state index is 12.1. The summed E-state index contributed by atoms with van der Waals surface area (Å²) >= 11 is 4.98. The Hall–Kier alpha value is -3.46. The van der Waals surface area contributed by atoms with Gasteiger partial charge in [0.15, 0.2) is 11.7 Å². The molecule has 0 spiro atoms. The van der Waals surface area contributed by atoms with Crippen molar-refractivity contribution in [1.82, 2.24) is 16.2 Å². The minimum Gasteiger partial charge on any atom is -0.484 e. The van der Waals surface area contributed by atoms with Crippen LogP contribution >= 0.6 is 12.2 Å². The minimum absolute atomic E-state index is 0.0647. The molecule has 0 aliphatic carbocycles. The normalized spacial score (nSPS) is 9.93. The fourth-order valence-electron chi connectivity index (χ4n) is 2.30. The zero-order valence-corrected chi connectivity index (χ0v) is 17.6. The van der Waals surface area contributed by atoms with Gasteiger partial charge in [0.05, 0.1) is 0 Å². The molecule has 30 heavy (non-hydrogen) atoms. The van der Waals surface area contributed by atoms with E-state index in [0.717, 1.165) is 6.42 Å². The maximum Gasteiger partial charge on any atom is 0.269 e. The van der Waals surface area contributed by atoms with Crippen LogP contribution in [0.15, 0.2) is 48.5 Å². The predicted octanol–water partition coefficient (Wildman–Crippen LogP) is 2.31. The number of amides is 3. The maximum absolute atomic E-state index is 12.1. The van der Waals surface area contributed by atoms with Crippen LogP contribution in [-0.2, 0) is 16.0 Å². The van der Waals surface area contributed by atoms with Gasteiger partial charge in [-0.1, -0.05) is 26.0 Å². The molecule has 158 valence electrons. The topological polar surface area (TPSA) is 109 Å². The van der Waals surface area contributed by atoms with Crippen LogP contribution in [0.4, 0.5) is 5.69 Å². The third-order valence-corrected chi connectivity index (χ3v) is 4.20. The zero-order valence-electron chi connectivity index (χ0n) is 16.8. The molecule has 2 rings (SSSR count). The van der Waals surface area contributed by atoms with E-state index in [1.165, 1.54) is 5.56 Å². The van der Waals surface area contributed by atoms with E-state index in [9.17, 15) is 14.4 Å². The van der Waals surface area contributed by atoms with Gasteiger partial charge in [-0.2, -0.15) is 0 Å². The molecule has 0 aliphatic rings. The summed E-state index contributed by atoms with van der Waals surface area (Å²) in [5.41, 5.74) is 6.97. The number of rotatable bonds is 7. The highest BCUT2D eigenvalue weighted by molar-refractivity contribution is 7.80. The lowest BCUT2D eigenvalue weighted by molar-refractivity contribution is -0.121. The van der Waals surface area contributed by atoms with Crippen molar-refractivity contribution in [2.24, 2.45) is 0 Å². The van der Waals surface area contributed by atoms with Gasteiger partial charge in [0, 0.05) is 17.7 Å². The number of hydrogen-bond donors (Lipinski definition) is 4. The zero-order chi connectivity index (χ0) is 21.9. The molecule has 0 heterocycles. The first-order chi connectivity index (χ1) is 14.4. The van der Waals surface area contributed by atoms with Crippen molar-refractivity contribution in [3.63, 3.8) is 0 Å². The first kappa shape index (κ1) is 22.8. The van der Waals surface area contributed by atoms with Crippen molar-refractivity contribution in [2.45, 2.75) is 26.7 Å². The average molecular weight is 429 g/mol. The van der Waals surface area contributed by atoms with E-state index < -0.39 is 11.8 Å². The first-order valence-corrected chi connectivity index (χ1v) is 9.84. The van der Waals surface area contributed by atoms with E-state index in [-0.39, 0.29) is 17.6 Å². The number of thiocarbonyl (C=S) groups is 1. The minimum atomic E-state index is -0.461. The van der Waals surface area contributed by atoms with E-state index in [2.05, 4.69) is 28.4 Å². The average Bonchev–Trinajstić information content (AvgIpc) is 2.76. The molecule has 0 unspecified atom stereocenters. The number of anilines is 1. The van der Waals surface area contributed by atoms with Crippen molar-refractivity contribution in [1.29, 1.82) is 0 Å². The molecule has 0 bridgehead atoms. The van der Waals surface area contributed by atoms with E-state index in [1.807, 2.05) is 12.1 Å². The summed E-state index contributed by atoms with van der Waals surface area (Å²) < 4.78 is 5.39. The number of carbonyl (C=O) groups excluding carboxylic acids is 3. The van der Waals surface area contributed by atoms with E-state index in [0.29, 0.717) is 23.4 Å². The number of hydrogen-bond acceptors (Lipinski definition) is 5. The molecule has 3 amide bonds. The Kier molecular flexibility index (Phi) is 8.76. The smallest absolute Gasteiger partial charge is 0.269 e. The highest BCUT2D eigenvalue weighted by atomic mass is 32.1. The van der Waals surface area contributed by atoms with Gasteiger partial charge < -0.3 is 10.1 Å². The summed E-state index contributed by atoms with van der Waals surface area (Å²) in [4.78, 5) is 35.4. The van der Waals surface area contributed by atoms with Gasteiger partial charge in [0.25, 0.3) is 11.8 Å². The lowest BCUT2D eigenvalue weighted by Gasteiger charge is -2.12. The summed E-state index contributed by atoms with van der Waals surface area (Å²) in [5.74, 6) is -0.449. The summed E-state index contributed by atoms with van der Waals surface area (Å²) in [6, 6.07) is 13.8. The van der Waals surface area contributed by atoms with Crippen LogP contribution in [0, 0.1) is 0 Å². The molecule has 0 saturated carbocycles. The van der Waals surface area contributed by atoms with E-state index in [1.54, 1.807) is 43.3 Å². The molecular formula is C21H24N4O4S. The molecule has 0 saturated heterocycles. The number of nitrogens with one attached hydrogen (secondary N) is 4. The quantitative estimate of drug-likeness (QED) is 0.398. The number of carbonyl (C=O) groups is 3. The second-order valence-electron chi connectivity index (χ2n) is 6.22. The molecule has 0 aromatic heterocycles. The summed E-state index contributed by atoms with van der Waals surface area (Å²) in [6.07, 6.45) is 1.29. The number of benzene rings is 2. The Labute approximate surface area is 180 Å². The summed E-state index contributed by atoms with van der Waals surface area (Å²) in [5, 5.41) is 5.04. The van der Waals surface area contributed by atoms with Gasteiger partial charge in [0.2, 0.25) is 5.91 Å². The summed E-state index contributed by atoms with van der Waals surface area (Å²) in [6.45, 7) is 3.59. The number of aryl methyl sites for hydroxylation is 1. The first-order valence-electron chi connectivity index (χ1n) is 9.43. The van der Waals surface area contributed by atoms with Gasteiger partial charge in [-0.15, -0.1) is 0 Å². The molecule has 0 radical (unpaired) electrons. The monoisotopic (exact) mass is 428 g/mol. The predicted molar refractivity (Wildman–Crippen MR) is 118 cm³/mol. The molecule has 0 atom stereocenters. The van der Waals surface area contributed by atoms with Gasteiger partial charge in [0.1, 0.15) is 5.75 Å². The van der Waals surface area contributed by atoms with Crippen LogP contribution in [0.3, 0.4) is 0 Å². The molecule has 2 aromatic carbocycles. The Morgan fingerprint density at radius 2 is 1.57 bits per heavy atom. The van der Waals surface area contributed by atoms with Crippen molar-refractivity contribution in [3.05, 3.63) is 59.7 Å². The lowest BCUT2D eigenvalue weighted by Crippen LogP contribution is -2.49. The van der Waals surface area contributed by atoms with Crippen LogP contribution in [0.1, 0.15) is 36.2 Å². The van der Waals surface area contributed by atoms with Crippen molar-refractivity contribution in [2.75, 3.05) is 11.9 Å². The van der Waals surface area contributed by atoms with Crippen molar-refractivity contribution >= 4 is 40.7 Å². The second kappa shape index (κ2) is 11.5. The Balaban J connectivity index is 1.73. The number of ether oxygens (including phenoxy) is 1. The molecule has 9 heteroatoms. The number of hydrazine groups is 1. The third-order valence-electron chi connectivity index (χ3n) is 4.00. The van der Waals surface area contributed by atoms with Gasteiger partial charge in [-0.3, -0.25) is 30.6 Å². The van der Waals surface area contributed by atoms with Crippen molar-refractivity contribution < 1.29 is 19.1 Å². The van der Waals surface area contributed by atoms with Crippen LogP contribution in [0.2, 0.25) is 0 Å². The van der Waals surface area contributed by atoms with Gasteiger partial charge in [-0.05, 0) is 60.6 Å². The Bertz CT molecular complexity index is 898. The molecular weight excluding hydrogens is 404 g/mol. The van der Waals surface area contributed by atoms with Crippen LogP contribution in [-0.4, -0.2) is 29.4 Å². The van der Waals surface area contributed by atoms with E-state index in [4.69, 9.17) is 17.0 Å². The second-order valence-corrected chi connectivity index (χ2v) is 6.63. The Morgan fingerprint density at radius 3 is 2.17 bits per heavy atom. The van der Waals surface area contributed by atoms with Gasteiger partial charge in [-0.25, -0.2) is 0 Å². The highest BCUT2D eigenvalue weighted by Crippen LogP contribution is 2.12. The van der Waals surface area contributed by atoms with Crippen LogP contribution in [0.25, 0.3) is 0 Å². The fraction of sp³-hybridized carbons (Fsp3) is 0.238. The SMILES string of the molecule is CCC(=O)Nc1ccc(C(=O)NNC(=S)NC(=O)COc2ccc(CC)cc2)cc1. The molecule has 4 N–H and O–H groups in total. The molecule has 8 nitrogen and oxygen atoms in total. The lowest BCUT2D eigenvalue weighted by atomic mass is 10.2.